The first-order chi connectivity index (χ1) is 8.54. The number of hydrogen-bond donors (Lipinski definition) is 2. The van der Waals surface area contributed by atoms with Gasteiger partial charge in [0, 0.05) is 38.2 Å². The number of nitro groups is 1. The molecule has 1 rings (SSSR count). The number of carbonyl (C=O) groups is 1. The molecule has 0 aliphatic carbocycles. The number of hydrogen-bond acceptors (Lipinski definition) is 4. The molecule has 1 amide bonds. The summed E-state index contributed by atoms with van der Waals surface area (Å²) in [6.07, 6.45) is 0.411. The number of nitrogens with one attached hydrogen (secondary N) is 2. The largest absolute Gasteiger partial charge is 0.359 e. The van der Waals surface area contributed by atoms with E-state index in [2.05, 4.69) is 10.6 Å². The fraction of sp³-hybridized carbons (Fsp3) is 0.417. The molecule has 98 valence electrons. The first kappa shape index (κ1) is 14.1. The highest BCUT2D eigenvalue weighted by molar-refractivity contribution is 5.75. The Morgan fingerprint density at radius 3 is 2.50 bits per heavy atom. The van der Waals surface area contributed by atoms with Gasteiger partial charge >= 0.3 is 0 Å². The zero-order valence-electron chi connectivity index (χ0n) is 10.5. The lowest BCUT2D eigenvalue weighted by atomic mass is 10.1. The summed E-state index contributed by atoms with van der Waals surface area (Å²) in [5.74, 6) is -0.0154. The van der Waals surface area contributed by atoms with E-state index < -0.39 is 4.92 Å². The number of benzene rings is 1. The van der Waals surface area contributed by atoms with Gasteiger partial charge in [-0.2, -0.15) is 0 Å². The number of nitro benzene ring substituents is 1. The molecule has 1 unspecified atom stereocenters. The van der Waals surface area contributed by atoms with Crippen molar-refractivity contribution < 1.29 is 9.72 Å². The predicted molar refractivity (Wildman–Crippen MR) is 68.2 cm³/mol. The molecule has 1 aromatic carbocycles. The molecule has 0 spiro atoms. The van der Waals surface area contributed by atoms with Crippen LogP contribution in [0.5, 0.6) is 0 Å². The molecule has 0 aliphatic heterocycles. The average molecular weight is 251 g/mol. The van der Waals surface area contributed by atoms with E-state index in [1.165, 1.54) is 12.1 Å². The van der Waals surface area contributed by atoms with Crippen LogP contribution in [-0.2, 0) is 4.79 Å². The first-order valence-electron chi connectivity index (χ1n) is 5.73. The maximum atomic E-state index is 11.0. The van der Waals surface area contributed by atoms with Crippen LogP contribution in [0, 0.1) is 10.1 Å². The van der Waals surface area contributed by atoms with E-state index in [-0.39, 0.29) is 17.6 Å². The Balaban J connectivity index is 2.48. The van der Waals surface area contributed by atoms with Crippen LogP contribution in [0.4, 0.5) is 5.69 Å². The molecule has 6 nitrogen and oxygen atoms in total. The van der Waals surface area contributed by atoms with E-state index in [1.54, 1.807) is 19.2 Å². The second kappa shape index (κ2) is 6.70. The molecule has 0 bridgehead atoms. The summed E-state index contributed by atoms with van der Waals surface area (Å²) in [4.78, 5) is 21.1. The van der Waals surface area contributed by atoms with Crippen LogP contribution in [0.2, 0.25) is 0 Å². The minimum Gasteiger partial charge on any atom is -0.359 e. The molecule has 0 saturated heterocycles. The van der Waals surface area contributed by atoms with Crippen LogP contribution < -0.4 is 10.6 Å². The molecule has 1 aromatic rings. The predicted octanol–water partition coefficient (Wildman–Crippen LogP) is 1.38. The van der Waals surface area contributed by atoms with Crippen LogP contribution in [0.25, 0.3) is 0 Å². The summed E-state index contributed by atoms with van der Waals surface area (Å²) in [6, 6.07) is 6.44. The number of amides is 1. The summed E-state index contributed by atoms with van der Waals surface area (Å²) in [5.41, 5.74) is 1.04. The number of non-ortho nitro benzene ring substituents is 1. The van der Waals surface area contributed by atoms with E-state index in [1.807, 2.05) is 6.92 Å². The van der Waals surface area contributed by atoms with Gasteiger partial charge in [0.05, 0.1) is 4.92 Å². The second-order valence-corrected chi connectivity index (χ2v) is 3.95. The highest BCUT2D eigenvalue weighted by Crippen LogP contribution is 2.17. The van der Waals surface area contributed by atoms with Crippen molar-refractivity contribution in [2.24, 2.45) is 0 Å². The topological polar surface area (TPSA) is 84.3 Å². The highest BCUT2D eigenvalue weighted by Gasteiger charge is 2.08. The Kier molecular flexibility index (Phi) is 5.26. The molecule has 2 N–H and O–H groups in total. The number of rotatable bonds is 6. The maximum absolute atomic E-state index is 11.0. The molecule has 18 heavy (non-hydrogen) atoms. The Morgan fingerprint density at radius 2 is 2.00 bits per heavy atom. The molecule has 0 aliphatic rings. The van der Waals surface area contributed by atoms with E-state index in [4.69, 9.17) is 0 Å². The minimum absolute atomic E-state index is 0.0154. The van der Waals surface area contributed by atoms with Gasteiger partial charge in [-0.05, 0) is 12.5 Å². The van der Waals surface area contributed by atoms with Gasteiger partial charge in [0.2, 0.25) is 5.91 Å². The summed E-state index contributed by atoms with van der Waals surface area (Å²) >= 11 is 0. The van der Waals surface area contributed by atoms with Gasteiger partial charge in [0.1, 0.15) is 0 Å². The van der Waals surface area contributed by atoms with Crippen LogP contribution in [-0.4, -0.2) is 24.4 Å². The van der Waals surface area contributed by atoms with Gasteiger partial charge in [-0.25, -0.2) is 0 Å². The van der Waals surface area contributed by atoms with Crippen LogP contribution in [0.15, 0.2) is 24.3 Å². The third-order valence-corrected chi connectivity index (χ3v) is 2.69. The van der Waals surface area contributed by atoms with Crippen LogP contribution in [0.3, 0.4) is 0 Å². The molecular formula is C12H17N3O3. The standard InChI is InChI=1S/C12H17N3O3/c1-9(14-8-7-12(16)13-2)10-3-5-11(6-4-10)15(17)18/h3-6,9,14H,7-8H2,1-2H3,(H,13,16). The summed E-state index contributed by atoms with van der Waals surface area (Å²) in [7, 11) is 1.60. The lowest BCUT2D eigenvalue weighted by molar-refractivity contribution is -0.384. The van der Waals surface area contributed by atoms with Crippen molar-refractivity contribution in [2.45, 2.75) is 19.4 Å². The van der Waals surface area contributed by atoms with Crippen LogP contribution in [0.1, 0.15) is 24.9 Å². The van der Waals surface area contributed by atoms with Crippen molar-refractivity contribution >= 4 is 11.6 Å². The van der Waals surface area contributed by atoms with Gasteiger partial charge < -0.3 is 10.6 Å². The van der Waals surface area contributed by atoms with Crippen molar-refractivity contribution in [3.05, 3.63) is 39.9 Å². The van der Waals surface area contributed by atoms with Crippen molar-refractivity contribution in [1.82, 2.24) is 10.6 Å². The van der Waals surface area contributed by atoms with Gasteiger partial charge in [0.15, 0.2) is 0 Å². The van der Waals surface area contributed by atoms with Gasteiger partial charge in [-0.3, -0.25) is 14.9 Å². The average Bonchev–Trinajstić information content (AvgIpc) is 2.38. The Morgan fingerprint density at radius 1 is 1.39 bits per heavy atom. The zero-order valence-corrected chi connectivity index (χ0v) is 10.5. The second-order valence-electron chi connectivity index (χ2n) is 3.95. The number of carbonyl (C=O) groups excluding carboxylic acids is 1. The van der Waals surface area contributed by atoms with E-state index >= 15 is 0 Å². The normalized spacial score (nSPS) is 11.9. The molecule has 0 saturated carbocycles. The quantitative estimate of drug-likeness (QED) is 0.591. The zero-order chi connectivity index (χ0) is 13.5. The fourth-order valence-corrected chi connectivity index (χ4v) is 1.53. The highest BCUT2D eigenvalue weighted by atomic mass is 16.6. The van der Waals surface area contributed by atoms with Gasteiger partial charge in [-0.15, -0.1) is 0 Å². The van der Waals surface area contributed by atoms with E-state index in [0.29, 0.717) is 13.0 Å². The molecule has 1 atom stereocenters. The minimum atomic E-state index is -0.423. The molecule has 6 heteroatoms. The monoisotopic (exact) mass is 251 g/mol. The SMILES string of the molecule is CNC(=O)CCNC(C)c1ccc([N+](=O)[O-])cc1. The molecule has 0 radical (unpaired) electrons. The Hall–Kier alpha value is -1.95. The fourth-order valence-electron chi connectivity index (χ4n) is 1.53. The van der Waals surface area contributed by atoms with E-state index in [0.717, 1.165) is 5.56 Å². The van der Waals surface area contributed by atoms with Gasteiger partial charge in [0.25, 0.3) is 5.69 Å². The van der Waals surface area contributed by atoms with Crippen molar-refractivity contribution in [1.29, 1.82) is 0 Å². The molecular weight excluding hydrogens is 234 g/mol. The Bertz CT molecular complexity index is 417. The third kappa shape index (κ3) is 4.14. The molecule has 0 heterocycles. The van der Waals surface area contributed by atoms with E-state index in [9.17, 15) is 14.9 Å². The van der Waals surface area contributed by atoms with Crippen molar-refractivity contribution in [3.8, 4) is 0 Å². The maximum Gasteiger partial charge on any atom is 0.269 e. The van der Waals surface area contributed by atoms with Crippen LogP contribution >= 0.6 is 0 Å². The van der Waals surface area contributed by atoms with Crippen molar-refractivity contribution in [2.75, 3.05) is 13.6 Å². The summed E-state index contributed by atoms with van der Waals surface area (Å²) in [5, 5.41) is 16.2. The first-order valence-corrected chi connectivity index (χ1v) is 5.73. The summed E-state index contributed by atoms with van der Waals surface area (Å²) < 4.78 is 0. The molecule has 0 aromatic heterocycles. The lowest BCUT2D eigenvalue weighted by Gasteiger charge is -2.13. The van der Waals surface area contributed by atoms with Gasteiger partial charge in [-0.1, -0.05) is 12.1 Å². The van der Waals surface area contributed by atoms with Crippen molar-refractivity contribution in [3.63, 3.8) is 0 Å². The molecule has 0 fully saturated rings. The Labute approximate surface area is 106 Å². The third-order valence-electron chi connectivity index (χ3n) is 2.69. The number of nitrogens with zero attached hydrogens (tertiary/aromatic N) is 1. The smallest absolute Gasteiger partial charge is 0.269 e. The summed E-state index contributed by atoms with van der Waals surface area (Å²) in [6.45, 7) is 2.52. The lowest BCUT2D eigenvalue weighted by Crippen LogP contribution is -2.26.